The first kappa shape index (κ1) is 18.1. The van der Waals surface area contributed by atoms with Crippen molar-refractivity contribution in [3.63, 3.8) is 0 Å². The van der Waals surface area contributed by atoms with Crippen LogP contribution < -0.4 is 10.2 Å². The van der Waals surface area contributed by atoms with Gasteiger partial charge in [0.05, 0.1) is 11.3 Å². The Morgan fingerprint density at radius 3 is 2.89 bits per heavy atom. The molecule has 2 aliphatic heterocycles. The zero-order valence-corrected chi connectivity index (χ0v) is 16.1. The van der Waals surface area contributed by atoms with Crippen LogP contribution in [0.3, 0.4) is 0 Å². The summed E-state index contributed by atoms with van der Waals surface area (Å²) < 4.78 is 5.46. The van der Waals surface area contributed by atoms with Crippen LogP contribution in [0, 0.1) is 0 Å². The Morgan fingerprint density at radius 2 is 2.11 bits per heavy atom. The number of benzene rings is 2. The quantitative estimate of drug-likeness (QED) is 0.855. The van der Waals surface area contributed by atoms with E-state index >= 15 is 0 Å². The second-order valence-corrected chi connectivity index (χ2v) is 7.81. The van der Waals surface area contributed by atoms with Crippen molar-refractivity contribution in [1.82, 2.24) is 0 Å². The third kappa shape index (κ3) is 3.59. The second-order valence-electron chi connectivity index (χ2n) is 6.73. The number of hydrogen-bond acceptors (Lipinski definition) is 4. The molecule has 0 bridgehead atoms. The zero-order valence-electron chi connectivity index (χ0n) is 15.2. The van der Waals surface area contributed by atoms with Gasteiger partial charge in [-0.1, -0.05) is 30.8 Å². The lowest BCUT2D eigenvalue weighted by atomic mass is 10.1. The number of anilines is 2. The molecule has 6 heteroatoms. The number of fused-ring (bicyclic) bond motifs is 2. The second kappa shape index (κ2) is 7.74. The summed E-state index contributed by atoms with van der Waals surface area (Å²) in [5.74, 6) is -0.0807. The Balaban J connectivity index is 1.68. The minimum Gasteiger partial charge on any atom is -0.368 e. The first-order valence-corrected chi connectivity index (χ1v) is 10.1. The number of nitrogens with one attached hydrogen (secondary N) is 1. The third-order valence-corrected chi connectivity index (χ3v) is 5.89. The van der Waals surface area contributed by atoms with Crippen LogP contribution in [0.2, 0.25) is 0 Å². The van der Waals surface area contributed by atoms with Crippen molar-refractivity contribution in [2.75, 3.05) is 23.4 Å². The molecular formula is C21H22N2O3S. The van der Waals surface area contributed by atoms with Gasteiger partial charge in [0.1, 0.15) is 6.10 Å². The SMILES string of the molecule is CCCN1C(=O)c2ccccc2Sc2cc(NC(=O)[C@H]3CCCO3)ccc21. The highest BCUT2D eigenvalue weighted by Crippen LogP contribution is 2.42. The largest absolute Gasteiger partial charge is 0.368 e. The van der Waals surface area contributed by atoms with Gasteiger partial charge in [-0.15, -0.1) is 0 Å². The van der Waals surface area contributed by atoms with Crippen molar-refractivity contribution in [3.8, 4) is 0 Å². The van der Waals surface area contributed by atoms with Gasteiger partial charge in [0.15, 0.2) is 0 Å². The fourth-order valence-electron chi connectivity index (χ4n) is 3.45. The van der Waals surface area contributed by atoms with E-state index in [2.05, 4.69) is 12.2 Å². The summed E-state index contributed by atoms with van der Waals surface area (Å²) in [4.78, 5) is 29.1. The fourth-order valence-corrected chi connectivity index (χ4v) is 4.57. The molecule has 0 aliphatic carbocycles. The predicted octanol–water partition coefficient (Wildman–Crippen LogP) is 4.33. The summed E-state index contributed by atoms with van der Waals surface area (Å²) in [7, 11) is 0. The first-order chi connectivity index (χ1) is 13.2. The van der Waals surface area contributed by atoms with Gasteiger partial charge in [-0.3, -0.25) is 9.59 Å². The minimum absolute atomic E-state index is 0.0230. The lowest BCUT2D eigenvalue weighted by Crippen LogP contribution is -2.31. The number of amides is 2. The Labute approximate surface area is 163 Å². The third-order valence-electron chi connectivity index (χ3n) is 4.77. The molecule has 0 saturated carbocycles. The fraction of sp³-hybridized carbons (Fsp3) is 0.333. The lowest BCUT2D eigenvalue weighted by Gasteiger charge is -2.23. The maximum Gasteiger partial charge on any atom is 0.259 e. The number of hydrogen-bond donors (Lipinski definition) is 1. The molecule has 1 atom stereocenters. The van der Waals surface area contributed by atoms with E-state index in [0.29, 0.717) is 13.2 Å². The molecule has 0 unspecified atom stereocenters. The van der Waals surface area contributed by atoms with Gasteiger partial charge in [-0.2, -0.15) is 0 Å². The molecule has 2 aromatic rings. The van der Waals surface area contributed by atoms with Crippen molar-refractivity contribution in [3.05, 3.63) is 48.0 Å². The molecule has 0 spiro atoms. The molecule has 2 aliphatic rings. The van der Waals surface area contributed by atoms with E-state index < -0.39 is 0 Å². The molecule has 2 amide bonds. The average Bonchev–Trinajstić information content (AvgIpc) is 3.18. The van der Waals surface area contributed by atoms with Gasteiger partial charge in [-0.25, -0.2) is 0 Å². The maximum atomic E-state index is 13.1. The van der Waals surface area contributed by atoms with Gasteiger partial charge in [0.25, 0.3) is 11.8 Å². The maximum absolute atomic E-state index is 13.1. The molecule has 0 radical (unpaired) electrons. The van der Waals surface area contributed by atoms with Crippen LogP contribution in [0.4, 0.5) is 11.4 Å². The van der Waals surface area contributed by atoms with E-state index in [4.69, 9.17) is 4.74 Å². The van der Waals surface area contributed by atoms with Crippen molar-refractivity contribution >= 4 is 35.0 Å². The Morgan fingerprint density at radius 1 is 1.26 bits per heavy atom. The van der Waals surface area contributed by atoms with Gasteiger partial charge in [0.2, 0.25) is 0 Å². The van der Waals surface area contributed by atoms with Crippen molar-refractivity contribution in [1.29, 1.82) is 0 Å². The first-order valence-electron chi connectivity index (χ1n) is 9.32. The molecule has 1 fully saturated rings. The Bertz CT molecular complexity index is 877. The van der Waals surface area contributed by atoms with Crippen molar-refractivity contribution < 1.29 is 14.3 Å². The van der Waals surface area contributed by atoms with Crippen molar-refractivity contribution in [2.45, 2.75) is 42.1 Å². The number of nitrogens with zero attached hydrogens (tertiary/aromatic N) is 1. The number of carbonyl (C=O) groups excluding carboxylic acids is 2. The van der Waals surface area contributed by atoms with E-state index in [9.17, 15) is 9.59 Å². The van der Waals surface area contributed by atoms with Crippen LogP contribution >= 0.6 is 11.8 Å². The Hall–Kier alpha value is -2.31. The van der Waals surface area contributed by atoms with E-state index in [1.54, 1.807) is 11.8 Å². The smallest absolute Gasteiger partial charge is 0.259 e. The molecule has 4 rings (SSSR count). The standard InChI is InChI=1S/C21H22N2O3S/c1-2-11-23-16-10-9-14(22-20(24)17-7-5-12-26-17)13-19(16)27-18-8-4-3-6-15(18)21(23)25/h3-4,6,8-10,13,17H,2,5,7,11-12H2,1H3,(H,22,24)/t17-/m1/s1. The molecule has 1 saturated heterocycles. The number of carbonyl (C=O) groups is 2. The highest BCUT2D eigenvalue weighted by Gasteiger charge is 2.28. The topological polar surface area (TPSA) is 58.6 Å². The normalized spacial score (nSPS) is 18.6. The van der Waals surface area contributed by atoms with Gasteiger partial charge in [0, 0.05) is 28.6 Å². The van der Waals surface area contributed by atoms with E-state index in [-0.39, 0.29) is 17.9 Å². The molecule has 0 aromatic heterocycles. The van der Waals surface area contributed by atoms with E-state index in [0.717, 1.165) is 46.0 Å². The molecule has 140 valence electrons. The Kier molecular flexibility index (Phi) is 5.18. The van der Waals surface area contributed by atoms with Gasteiger partial charge in [-0.05, 0) is 49.6 Å². The van der Waals surface area contributed by atoms with Crippen molar-refractivity contribution in [2.24, 2.45) is 0 Å². The van der Waals surface area contributed by atoms with Crippen LogP contribution in [0.15, 0.2) is 52.3 Å². The molecule has 1 N–H and O–H groups in total. The van der Waals surface area contributed by atoms with Crippen LogP contribution in [0.1, 0.15) is 36.5 Å². The zero-order chi connectivity index (χ0) is 18.8. The summed E-state index contributed by atoms with van der Waals surface area (Å²) in [6, 6.07) is 13.4. The highest BCUT2D eigenvalue weighted by atomic mass is 32.2. The molecular weight excluding hydrogens is 360 g/mol. The predicted molar refractivity (Wildman–Crippen MR) is 107 cm³/mol. The van der Waals surface area contributed by atoms with Gasteiger partial charge < -0.3 is 15.0 Å². The molecule has 27 heavy (non-hydrogen) atoms. The molecule has 2 aromatic carbocycles. The number of rotatable bonds is 4. The lowest BCUT2D eigenvalue weighted by molar-refractivity contribution is -0.124. The van der Waals surface area contributed by atoms with Crippen LogP contribution in [-0.4, -0.2) is 31.1 Å². The van der Waals surface area contributed by atoms with E-state index in [1.165, 1.54) is 0 Å². The molecule has 2 heterocycles. The van der Waals surface area contributed by atoms with Crippen LogP contribution in [0.25, 0.3) is 0 Å². The molecule has 5 nitrogen and oxygen atoms in total. The summed E-state index contributed by atoms with van der Waals surface area (Å²) in [5.41, 5.74) is 2.33. The van der Waals surface area contributed by atoms with E-state index in [1.807, 2.05) is 47.4 Å². The number of ether oxygens (including phenoxy) is 1. The van der Waals surface area contributed by atoms with Crippen LogP contribution in [0.5, 0.6) is 0 Å². The average molecular weight is 382 g/mol. The summed E-state index contributed by atoms with van der Waals surface area (Å²) in [5, 5.41) is 2.96. The highest BCUT2D eigenvalue weighted by molar-refractivity contribution is 7.99. The summed E-state index contributed by atoms with van der Waals surface area (Å²) >= 11 is 1.57. The van der Waals surface area contributed by atoms with Crippen LogP contribution in [-0.2, 0) is 9.53 Å². The minimum atomic E-state index is -0.365. The summed E-state index contributed by atoms with van der Waals surface area (Å²) in [6.07, 6.45) is 2.19. The van der Waals surface area contributed by atoms with Gasteiger partial charge >= 0.3 is 0 Å². The monoisotopic (exact) mass is 382 g/mol. The summed E-state index contributed by atoms with van der Waals surface area (Å²) in [6.45, 7) is 3.36.